The molecule has 1 amide bonds. The number of nitrogens with one attached hydrogen (secondary N) is 1. The Kier molecular flexibility index (Phi) is 4.08. The summed E-state index contributed by atoms with van der Waals surface area (Å²) in [6.45, 7) is 0. The topological polar surface area (TPSA) is 86.5 Å². The number of pyridine rings is 1. The van der Waals surface area contributed by atoms with Gasteiger partial charge in [-0.25, -0.2) is 0 Å². The van der Waals surface area contributed by atoms with Crippen LogP contribution in [-0.4, -0.2) is 25.0 Å². The third-order valence-corrected chi connectivity index (χ3v) is 3.46. The van der Waals surface area contributed by atoms with Crippen molar-refractivity contribution in [1.29, 1.82) is 0 Å². The highest BCUT2D eigenvalue weighted by Gasteiger charge is 2.15. The highest BCUT2D eigenvalue weighted by Crippen LogP contribution is 2.31. The van der Waals surface area contributed by atoms with Gasteiger partial charge in [0.15, 0.2) is 5.76 Å². The molecular formula is C18H15N3O3. The van der Waals surface area contributed by atoms with E-state index in [1.165, 1.54) is 7.11 Å². The molecule has 1 aliphatic rings. The lowest BCUT2D eigenvalue weighted by molar-refractivity contribution is 0.0960. The van der Waals surface area contributed by atoms with Gasteiger partial charge in [-0.1, -0.05) is 0 Å². The maximum absolute atomic E-state index is 12.1. The number of fused-ring (bicyclic) bond motifs is 1. The lowest BCUT2D eigenvalue weighted by atomic mass is 10.1. The molecule has 1 aliphatic carbocycles. The van der Waals surface area contributed by atoms with Gasteiger partial charge >= 0.3 is 0 Å². The zero-order valence-electron chi connectivity index (χ0n) is 13.2. The standard InChI is InChI=1S/C18H15N3O3/c1-20-18(22)14-9-13-15(10-17(14)23-2)21-8-7-16(13)24-12-5-3-11(19)4-6-12/h3,5,7-10H,19H2,1-2H3,(H,20,22). The summed E-state index contributed by atoms with van der Waals surface area (Å²) in [7, 11) is 3.07. The third kappa shape index (κ3) is 2.88. The van der Waals surface area contributed by atoms with Crippen LogP contribution in [0.25, 0.3) is 10.9 Å². The first-order valence-electron chi connectivity index (χ1n) is 7.18. The van der Waals surface area contributed by atoms with Crippen LogP contribution in [0, 0.1) is 0 Å². The summed E-state index contributed by atoms with van der Waals surface area (Å²) in [4.78, 5) is 16.4. The van der Waals surface area contributed by atoms with E-state index in [9.17, 15) is 4.79 Å². The normalized spacial score (nSPS) is 12.6. The number of nitrogens with two attached hydrogens (primary N) is 1. The van der Waals surface area contributed by atoms with Crippen molar-refractivity contribution in [2.75, 3.05) is 14.2 Å². The van der Waals surface area contributed by atoms with E-state index in [4.69, 9.17) is 15.2 Å². The number of aromatic nitrogens is 1. The van der Waals surface area contributed by atoms with Gasteiger partial charge in [0.2, 0.25) is 0 Å². The highest BCUT2D eigenvalue weighted by molar-refractivity contribution is 6.02. The van der Waals surface area contributed by atoms with Crippen molar-refractivity contribution in [3.05, 3.63) is 65.0 Å². The molecule has 0 saturated carbocycles. The molecule has 0 radical (unpaired) electrons. The van der Waals surface area contributed by atoms with E-state index in [1.807, 2.05) is 0 Å². The number of hydrogen-bond donors (Lipinski definition) is 2. The minimum Gasteiger partial charge on any atom is -0.496 e. The van der Waals surface area contributed by atoms with Crippen LogP contribution in [0.15, 0.2) is 59.5 Å². The van der Waals surface area contributed by atoms with Crippen LogP contribution in [0.1, 0.15) is 10.4 Å². The second-order valence-electron chi connectivity index (χ2n) is 4.96. The number of amides is 1. The summed E-state index contributed by atoms with van der Waals surface area (Å²) in [5, 5.41) is 3.27. The zero-order chi connectivity index (χ0) is 17.1. The Morgan fingerprint density at radius 1 is 1.25 bits per heavy atom. The molecule has 1 heterocycles. The molecule has 3 rings (SSSR count). The number of rotatable bonds is 4. The molecule has 0 atom stereocenters. The van der Waals surface area contributed by atoms with Crippen LogP contribution < -0.4 is 20.5 Å². The molecule has 0 spiro atoms. The number of hydrogen-bond acceptors (Lipinski definition) is 5. The van der Waals surface area contributed by atoms with Gasteiger partial charge in [0.1, 0.15) is 11.5 Å². The summed E-state index contributed by atoms with van der Waals surface area (Å²) < 4.78 is 11.1. The maximum Gasteiger partial charge on any atom is 0.254 e. The Morgan fingerprint density at radius 2 is 2.08 bits per heavy atom. The van der Waals surface area contributed by atoms with Gasteiger partial charge in [0, 0.05) is 24.7 Å². The smallest absolute Gasteiger partial charge is 0.254 e. The summed E-state index contributed by atoms with van der Waals surface area (Å²) in [6, 6.07) is 5.11. The molecule has 6 nitrogen and oxygen atoms in total. The maximum atomic E-state index is 12.1. The van der Waals surface area contributed by atoms with E-state index in [0.29, 0.717) is 39.4 Å². The molecular weight excluding hydrogens is 306 g/mol. The summed E-state index contributed by atoms with van der Waals surface area (Å²) in [5.41, 5.74) is 12.7. The fourth-order valence-corrected chi connectivity index (χ4v) is 2.28. The van der Waals surface area contributed by atoms with Gasteiger partial charge in [0.25, 0.3) is 5.91 Å². The third-order valence-electron chi connectivity index (χ3n) is 3.46. The van der Waals surface area contributed by atoms with Crippen molar-refractivity contribution in [3.63, 3.8) is 0 Å². The van der Waals surface area contributed by atoms with Gasteiger partial charge in [0.05, 0.1) is 23.9 Å². The second kappa shape index (κ2) is 6.34. The predicted molar refractivity (Wildman–Crippen MR) is 89.7 cm³/mol. The minimum atomic E-state index is -0.254. The number of benzene rings is 1. The molecule has 6 heteroatoms. The molecule has 1 aromatic carbocycles. The average Bonchev–Trinajstić information content (AvgIpc) is 2.62. The molecule has 2 aromatic rings. The number of carbonyl (C=O) groups excluding carboxylic acids is 1. The summed E-state index contributed by atoms with van der Waals surface area (Å²) in [5.74, 6) is 1.20. The molecule has 3 N–H and O–H groups in total. The van der Waals surface area contributed by atoms with Crippen LogP contribution in [0.3, 0.4) is 0 Å². The van der Waals surface area contributed by atoms with E-state index in [2.05, 4.69) is 21.8 Å². The fourth-order valence-electron chi connectivity index (χ4n) is 2.28. The largest absolute Gasteiger partial charge is 0.496 e. The number of allylic oxidation sites excluding steroid dienone is 2. The SMILES string of the molecule is CNC(=O)c1cc2c(OC3=C=C=C(N)C=C3)ccnc2cc1OC. The van der Waals surface area contributed by atoms with E-state index < -0.39 is 0 Å². The number of nitrogens with zero attached hydrogens (tertiary/aromatic N) is 1. The van der Waals surface area contributed by atoms with Crippen LogP contribution in [-0.2, 0) is 0 Å². The Labute approximate surface area is 138 Å². The number of carbonyl (C=O) groups is 1. The van der Waals surface area contributed by atoms with E-state index in [-0.39, 0.29) is 5.91 Å². The van der Waals surface area contributed by atoms with Crippen LogP contribution >= 0.6 is 0 Å². The van der Waals surface area contributed by atoms with Gasteiger partial charge in [-0.2, -0.15) is 0 Å². The van der Waals surface area contributed by atoms with Crippen molar-refractivity contribution in [2.45, 2.75) is 0 Å². The van der Waals surface area contributed by atoms with Crippen molar-refractivity contribution < 1.29 is 14.3 Å². The van der Waals surface area contributed by atoms with Gasteiger partial charge in [-0.3, -0.25) is 9.78 Å². The molecule has 0 bridgehead atoms. The Balaban J connectivity index is 2.14. The quantitative estimate of drug-likeness (QED) is 0.842. The summed E-state index contributed by atoms with van der Waals surface area (Å²) in [6.07, 6.45) is 4.99. The first-order chi connectivity index (χ1) is 11.6. The minimum absolute atomic E-state index is 0.254. The molecule has 0 unspecified atom stereocenters. The second-order valence-corrected chi connectivity index (χ2v) is 4.96. The molecule has 0 aliphatic heterocycles. The fraction of sp³-hybridized carbons (Fsp3) is 0.111. The van der Waals surface area contributed by atoms with E-state index in [1.54, 1.807) is 43.6 Å². The molecule has 0 saturated heterocycles. The average molecular weight is 321 g/mol. The molecule has 24 heavy (non-hydrogen) atoms. The van der Waals surface area contributed by atoms with Crippen LogP contribution in [0.4, 0.5) is 0 Å². The number of methoxy groups -OCH3 is 1. The monoisotopic (exact) mass is 321 g/mol. The van der Waals surface area contributed by atoms with Crippen LogP contribution in [0.2, 0.25) is 0 Å². The Bertz CT molecular complexity index is 963. The zero-order valence-corrected chi connectivity index (χ0v) is 13.2. The predicted octanol–water partition coefficient (Wildman–Crippen LogP) is 2.03. The lowest BCUT2D eigenvalue weighted by Gasteiger charge is -2.12. The van der Waals surface area contributed by atoms with Crippen LogP contribution in [0.5, 0.6) is 11.5 Å². The van der Waals surface area contributed by atoms with Crippen molar-refractivity contribution in [3.8, 4) is 11.5 Å². The lowest BCUT2D eigenvalue weighted by Crippen LogP contribution is -2.18. The molecule has 0 fully saturated rings. The van der Waals surface area contributed by atoms with Crippen molar-refractivity contribution in [2.24, 2.45) is 5.73 Å². The van der Waals surface area contributed by atoms with Crippen molar-refractivity contribution >= 4 is 16.8 Å². The molecule has 120 valence electrons. The Morgan fingerprint density at radius 3 is 2.75 bits per heavy atom. The van der Waals surface area contributed by atoms with E-state index >= 15 is 0 Å². The summed E-state index contributed by atoms with van der Waals surface area (Å²) >= 11 is 0. The van der Waals surface area contributed by atoms with Gasteiger partial charge in [-0.05, 0) is 35.7 Å². The highest BCUT2D eigenvalue weighted by atomic mass is 16.5. The van der Waals surface area contributed by atoms with Gasteiger partial charge < -0.3 is 20.5 Å². The first kappa shape index (κ1) is 15.4. The molecule has 1 aromatic heterocycles. The van der Waals surface area contributed by atoms with E-state index in [0.717, 1.165) is 0 Å². The Hall–Kier alpha value is -3.46. The van der Waals surface area contributed by atoms with Gasteiger partial charge in [-0.15, -0.1) is 0 Å². The van der Waals surface area contributed by atoms with Crippen molar-refractivity contribution in [1.82, 2.24) is 10.3 Å². The first-order valence-corrected chi connectivity index (χ1v) is 7.18. The number of ether oxygens (including phenoxy) is 2.